The van der Waals surface area contributed by atoms with Gasteiger partial charge in [0.25, 0.3) is 0 Å². The molecule has 2 aliphatic rings. The van der Waals surface area contributed by atoms with Crippen molar-refractivity contribution in [2.45, 2.75) is 57.4 Å². The largest absolute Gasteiger partial charge is 0.481 e. The van der Waals surface area contributed by atoms with Crippen LogP contribution in [0.25, 0.3) is 11.1 Å². The van der Waals surface area contributed by atoms with Crippen LogP contribution in [0, 0.1) is 11.8 Å². The van der Waals surface area contributed by atoms with Crippen LogP contribution in [0.3, 0.4) is 0 Å². The Morgan fingerprint density at radius 2 is 1.66 bits per heavy atom. The lowest BCUT2D eigenvalue weighted by Gasteiger charge is -2.22. The number of carbonyl (C=O) groups is 3. The second kappa shape index (κ2) is 11.4. The fraction of sp³-hybridized carbons (Fsp3) is 0.464. The molecule has 35 heavy (non-hydrogen) atoms. The number of rotatable bonds is 12. The van der Waals surface area contributed by atoms with E-state index in [9.17, 15) is 14.4 Å². The van der Waals surface area contributed by atoms with Gasteiger partial charge in [-0.05, 0) is 47.4 Å². The van der Waals surface area contributed by atoms with Gasteiger partial charge in [-0.15, -0.1) is 0 Å². The van der Waals surface area contributed by atoms with Gasteiger partial charge in [0, 0.05) is 24.9 Å². The summed E-state index contributed by atoms with van der Waals surface area (Å²) in [6, 6.07) is 16.2. The summed E-state index contributed by atoms with van der Waals surface area (Å²) in [4.78, 5) is 36.4. The number of amides is 2. The van der Waals surface area contributed by atoms with E-state index in [0.29, 0.717) is 25.2 Å². The van der Waals surface area contributed by atoms with Crippen LogP contribution in [0.15, 0.2) is 48.5 Å². The zero-order valence-electron chi connectivity index (χ0n) is 20.2. The van der Waals surface area contributed by atoms with Crippen LogP contribution in [0.5, 0.6) is 0 Å². The summed E-state index contributed by atoms with van der Waals surface area (Å²) in [5.41, 5.74) is 4.65. The number of carbonyl (C=O) groups excluding carboxylic acids is 2. The zero-order valence-corrected chi connectivity index (χ0v) is 20.2. The fourth-order valence-corrected chi connectivity index (χ4v) is 4.89. The average molecular weight is 479 g/mol. The van der Waals surface area contributed by atoms with E-state index in [-0.39, 0.29) is 43.4 Å². The summed E-state index contributed by atoms with van der Waals surface area (Å²) in [5, 5.41) is 14.7. The summed E-state index contributed by atoms with van der Waals surface area (Å²) in [6.45, 7) is 2.36. The number of fused-ring (bicyclic) bond motifs is 3. The summed E-state index contributed by atoms with van der Waals surface area (Å²) < 4.78 is 5.61. The summed E-state index contributed by atoms with van der Waals surface area (Å²) in [5.74, 6) is -0.869. The van der Waals surface area contributed by atoms with Crippen LogP contribution >= 0.6 is 0 Å². The number of aliphatic carboxylic acids is 1. The van der Waals surface area contributed by atoms with Crippen molar-refractivity contribution >= 4 is 18.0 Å². The lowest BCUT2D eigenvalue weighted by atomic mass is 9.98. The SMILES string of the molecule is CCC(CCC(=O)O)NC(=O)C(CNC(=O)OCC1c2ccccc2-c2ccccc21)CC1CC1. The zero-order chi connectivity index (χ0) is 24.8. The van der Waals surface area contributed by atoms with Crippen molar-refractivity contribution in [2.24, 2.45) is 11.8 Å². The highest BCUT2D eigenvalue weighted by Gasteiger charge is 2.31. The highest BCUT2D eigenvalue weighted by atomic mass is 16.5. The predicted molar refractivity (Wildman–Crippen MR) is 133 cm³/mol. The van der Waals surface area contributed by atoms with Crippen molar-refractivity contribution in [1.82, 2.24) is 10.6 Å². The maximum Gasteiger partial charge on any atom is 0.407 e. The molecule has 0 saturated heterocycles. The number of carboxylic acids is 1. The number of hydrogen-bond acceptors (Lipinski definition) is 4. The molecule has 2 aliphatic carbocycles. The second-order valence-corrected chi connectivity index (χ2v) is 9.63. The van der Waals surface area contributed by atoms with Crippen LogP contribution < -0.4 is 10.6 Å². The van der Waals surface area contributed by atoms with Crippen molar-refractivity contribution < 1.29 is 24.2 Å². The summed E-state index contributed by atoms with van der Waals surface area (Å²) in [6.07, 6.45) is 3.46. The van der Waals surface area contributed by atoms with Crippen molar-refractivity contribution in [1.29, 1.82) is 0 Å². The van der Waals surface area contributed by atoms with Crippen molar-refractivity contribution in [2.75, 3.05) is 13.2 Å². The first-order valence-electron chi connectivity index (χ1n) is 12.6. The van der Waals surface area contributed by atoms with Gasteiger partial charge >= 0.3 is 12.1 Å². The number of alkyl carbamates (subject to hydrolysis) is 1. The third-order valence-electron chi connectivity index (χ3n) is 7.07. The Bertz CT molecular complexity index is 1020. The van der Waals surface area contributed by atoms with Crippen LogP contribution in [0.1, 0.15) is 62.5 Å². The lowest BCUT2D eigenvalue weighted by Crippen LogP contribution is -2.43. The van der Waals surface area contributed by atoms with Gasteiger partial charge in [-0.1, -0.05) is 68.3 Å². The molecule has 2 amide bonds. The minimum Gasteiger partial charge on any atom is -0.481 e. The molecule has 7 heteroatoms. The minimum absolute atomic E-state index is 0.0155. The van der Waals surface area contributed by atoms with Gasteiger partial charge in [0.05, 0.1) is 5.92 Å². The van der Waals surface area contributed by atoms with E-state index in [0.717, 1.165) is 24.0 Å². The van der Waals surface area contributed by atoms with Crippen molar-refractivity contribution in [3.05, 3.63) is 59.7 Å². The molecule has 2 atom stereocenters. The van der Waals surface area contributed by atoms with Gasteiger partial charge in [-0.25, -0.2) is 4.79 Å². The summed E-state index contributed by atoms with van der Waals surface area (Å²) in [7, 11) is 0. The molecule has 7 nitrogen and oxygen atoms in total. The van der Waals surface area contributed by atoms with Crippen LogP contribution in [0.2, 0.25) is 0 Å². The highest BCUT2D eigenvalue weighted by Crippen LogP contribution is 2.44. The van der Waals surface area contributed by atoms with Gasteiger partial charge in [0.2, 0.25) is 5.91 Å². The molecule has 0 aliphatic heterocycles. The molecule has 1 fully saturated rings. The third-order valence-corrected chi connectivity index (χ3v) is 7.07. The van der Waals surface area contributed by atoms with E-state index in [1.165, 1.54) is 11.1 Å². The number of carboxylic acid groups (broad SMARTS) is 1. The molecule has 0 bridgehead atoms. The monoisotopic (exact) mass is 478 g/mol. The topological polar surface area (TPSA) is 105 Å². The van der Waals surface area contributed by atoms with Gasteiger partial charge in [-0.2, -0.15) is 0 Å². The maximum atomic E-state index is 12.9. The molecular formula is C28H34N2O5. The number of ether oxygens (including phenoxy) is 1. The molecule has 4 rings (SSSR count). The predicted octanol–water partition coefficient (Wildman–Crippen LogP) is 4.70. The van der Waals surface area contributed by atoms with E-state index < -0.39 is 12.1 Å². The molecule has 3 N–H and O–H groups in total. The maximum absolute atomic E-state index is 12.9. The first-order valence-corrected chi connectivity index (χ1v) is 12.6. The Labute approximate surface area is 206 Å². The molecule has 2 aromatic carbocycles. The fourth-order valence-electron chi connectivity index (χ4n) is 4.89. The van der Waals surface area contributed by atoms with Crippen molar-refractivity contribution in [3.8, 4) is 11.1 Å². The Kier molecular flexibility index (Phi) is 8.06. The number of hydrogen-bond donors (Lipinski definition) is 3. The van der Waals surface area contributed by atoms with Gasteiger partial charge in [0.15, 0.2) is 0 Å². The lowest BCUT2D eigenvalue weighted by molar-refractivity contribution is -0.137. The third kappa shape index (κ3) is 6.41. The molecular weight excluding hydrogens is 444 g/mol. The Balaban J connectivity index is 1.31. The van der Waals surface area contributed by atoms with E-state index in [1.54, 1.807) is 0 Å². The average Bonchev–Trinajstić information content (AvgIpc) is 3.63. The molecule has 0 radical (unpaired) electrons. The Morgan fingerprint density at radius 3 is 2.23 bits per heavy atom. The van der Waals surface area contributed by atoms with Crippen LogP contribution in [0.4, 0.5) is 4.79 Å². The number of benzene rings is 2. The van der Waals surface area contributed by atoms with Crippen LogP contribution in [-0.2, 0) is 14.3 Å². The minimum atomic E-state index is -0.871. The molecule has 0 heterocycles. The first-order chi connectivity index (χ1) is 17.0. The van der Waals surface area contributed by atoms with E-state index >= 15 is 0 Å². The quantitative estimate of drug-likeness (QED) is 0.410. The Morgan fingerprint density at radius 1 is 1.03 bits per heavy atom. The number of nitrogens with one attached hydrogen (secondary N) is 2. The first kappa shape index (κ1) is 24.8. The van der Waals surface area contributed by atoms with Crippen molar-refractivity contribution in [3.63, 3.8) is 0 Å². The normalized spacial score (nSPS) is 16.0. The van der Waals surface area contributed by atoms with Gasteiger partial charge < -0.3 is 20.5 Å². The highest BCUT2D eigenvalue weighted by molar-refractivity contribution is 5.80. The molecule has 2 unspecified atom stereocenters. The van der Waals surface area contributed by atoms with Gasteiger partial charge in [0.1, 0.15) is 6.61 Å². The molecule has 2 aromatic rings. The molecule has 1 saturated carbocycles. The smallest absolute Gasteiger partial charge is 0.407 e. The molecule has 0 spiro atoms. The van der Waals surface area contributed by atoms with E-state index in [1.807, 2.05) is 31.2 Å². The van der Waals surface area contributed by atoms with E-state index in [4.69, 9.17) is 9.84 Å². The van der Waals surface area contributed by atoms with Gasteiger partial charge in [-0.3, -0.25) is 9.59 Å². The van der Waals surface area contributed by atoms with Crippen LogP contribution in [-0.4, -0.2) is 42.3 Å². The standard InChI is InChI=1S/C28H34N2O5/c1-2-20(13-14-26(31)32)30-27(33)19(15-18-11-12-18)16-29-28(34)35-17-25-23-9-5-3-7-21(23)22-8-4-6-10-24(22)25/h3-10,18-20,25H,2,11-17H2,1H3,(H,29,34)(H,30,33)(H,31,32). The van der Waals surface area contributed by atoms with E-state index in [2.05, 4.69) is 34.9 Å². The summed E-state index contributed by atoms with van der Waals surface area (Å²) >= 11 is 0. The molecule has 186 valence electrons. The second-order valence-electron chi connectivity index (χ2n) is 9.63. The molecule has 0 aromatic heterocycles. The Hall–Kier alpha value is -3.35.